The average Bonchev–Trinajstić information content (AvgIpc) is 3.26. The molecule has 1 aromatic carbocycles. The summed E-state index contributed by atoms with van der Waals surface area (Å²) >= 11 is 0. The van der Waals surface area contributed by atoms with Crippen molar-refractivity contribution >= 4 is 12.9 Å². The van der Waals surface area contributed by atoms with Crippen LogP contribution in [0, 0.1) is 11.3 Å². The van der Waals surface area contributed by atoms with E-state index in [0.29, 0.717) is 13.0 Å². The number of allylic oxidation sites excluding steroid dienone is 1. The highest BCUT2D eigenvalue weighted by Gasteiger charge is 2.58. The Morgan fingerprint density at radius 3 is 2.63 bits per heavy atom. The van der Waals surface area contributed by atoms with Crippen LogP contribution in [0.1, 0.15) is 78.2 Å². The Bertz CT molecular complexity index is 917. The van der Waals surface area contributed by atoms with Gasteiger partial charge in [-0.25, -0.2) is 0 Å². The molecule has 2 aliphatic carbocycles. The van der Waals surface area contributed by atoms with Crippen LogP contribution in [0.5, 0.6) is 0 Å². The topological polar surface area (TPSA) is 70.8 Å². The molecule has 1 heterocycles. The van der Waals surface area contributed by atoms with Gasteiger partial charge < -0.3 is 19.9 Å². The molecule has 1 spiro atoms. The molecule has 0 amide bonds. The molecule has 192 valence electrons. The number of benzene rings is 1. The maximum Gasteiger partial charge on any atom is 0.326 e. The number of hydrogen-bond donors (Lipinski definition) is 1. The smallest absolute Gasteiger partial charge is 0.326 e. The van der Waals surface area contributed by atoms with E-state index in [-0.39, 0.29) is 42.0 Å². The number of ether oxygens (including phenoxy) is 2. The van der Waals surface area contributed by atoms with Gasteiger partial charge >= 0.3 is 5.97 Å². The highest BCUT2D eigenvalue weighted by atomic mass is 16.6. The second-order valence-corrected chi connectivity index (χ2v) is 12.4. The number of hydrogen-bond acceptors (Lipinski definition) is 5. The first-order valence-electron chi connectivity index (χ1n) is 13.4. The molecule has 3 aliphatic rings. The number of rotatable bonds is 7. The molecule has 0 radical (unpaired) electrons. The second kappa shape index (κ2) is 10.0. The van der Waals surface area contributed by atoms with Crippen molar-refractivity contribution in [3.05, 3.63) is 48.0 Å². The summed E-state index contributed by atoms with van der Waals surface area (Å²) in [4.78, 5) is 13.4. The fraction of sp³-hybridized carbons (Fsp3) is 0.690. The van der Waals surface area contributed by atoms with Gasteiger partial charge in [0.15, 0.2) is 0 Å². The minimum absolute atomic E-state index is 0.0982. The molecule has 1 aromatic rings. The van der Waals surface area contributed by atoms with Gasteiger partial charge in [0.25, 0.3) is 6.92 Å². The molecule has 3 fully saturated rings. The van der Waals surface area contributed by atoms with Crippen LogP contribution in [0.15, 0.2) is 42.5 Å². The van der Waals surface area contributed by atoms with Gasteiger partial charge in [0.1, 0.15) is 12.1 Å². The van der Waals surface area contributed by atoms with E-state index in [9.17, 15) is 4.79 Å². The molecule has 2 saturated carbocycles. The zero-order valence-electron chi connectivity index (χ0n) is 22.2. The first-order valence-corrected chi connectivity index (χ1v) is 13.4. The highest BCUT2D eigenvalue weighted by molar-refractivity contribution is 6.52. The summed E-state index contributed by atoms with van der Waals surface area (Å²) in [5.74, 6) is -0.133. The minimum atomic E-state index is -0.936. The minimum Gasteiger partial charge on any atom is -0.459 e. The summed E-state index contributed by atoms with van der Waals surface area (Å²) in [6.07, 6.45) is 8.54. The van der Waals surface area contributed by atoms with E-state index < -0.39 is 5.54 Å². The third kappa shape index (κ3) is 5.70. The molecule has 3 unspecified atom stereocenters. The van der Waals surface area contributed by atoms with Gasteiger partial charge in [-0.1, -0.05) is 48.9 Å². The SMILES string of the molecule is C=C1CCC2(C1)CC(CCCB1CCOC(C)(C)C(C)(C)O1)C(N)(C(=O)OCc1ccccc1)C2. The summed E-state index contributed by atoms with van der Waals surface area (Å²) < 4.78 is 18.4. The largest absolute Gasteiger partial charge is 0.459 e. The molecule has 1 saturated heterocycles. The van der Waals surface area contributed by atoms with Gasteiger partial charge in [-0.3, -0.25) is 4.79 Å². The lowest BCUT2D eigenvalue weighted by molar-refractivity contribution is -0.153. The quantitative estimate of drug-likeness (QED) is 0.297. The fourth-order valence-corrected chi connectivity index (χ4v) is 6.50. The standard InChI is InChI=1S/C29H44BNO4/c1-22-13-14-28(18-22)19-24(12-9-15-30-16-17-34-26(2,3)27(4,5)35-30)29(31,21-28)25(32)33-20-23-10-7-6-8-11-23/h6-8,10-11,24H,1,9,12-21,31H2,2-5H3. The van der Waals surface area contributed by atoms with Crippen molar-refractivity contribution in [2.45, 2.75) is 109 Å². The lowest BCUT2D eigenvalue weighted by Crippen LogP contribution is -2.52. The first-order chi connectivity index (χ1) is 16.4. The van der Waals surface area contributed by atoms with Crippen LogP contribution >= 0.6 is 0 Å². The van der Waals surface area contributed by atoms with E-state index in [4.69, 9.17) is 19.9 Å². The number of esters is 1. The lowest BCUT2D eigenvalue weighted by Gasteiger charge is -2.40. The Labute approximate surface area is 212 Å². The van der Waals surface area contributed by atoms with Crippen molar-refractivity contribution in [3.8, 4) is 0 Å². The van der Waals surface area contributed by atoms with Gasteiger partial charge in [-0.05, 0) is 95.8 Å². The Morgan fingerprint density at radius 1 is 1.20 bits per heavy atom. The van der Waals surface area contributed by atoms with Crippen LogP contribution < -0.4 is 5.73 Å². The third-order valence-electron chi connectivity index (χ3n) is 9.19. The van der Waals surface area contributed by atoms with Crippen molar-refractivity contribution < 1.29 is 18.9 Å². The molecule has 3 atom stereocenters. The van der Waals surface area contributed by atoms with Crippen molar-refractivity contribution in [2.24, 2.45) is 17.1 Å². The van der Waals surface area contributed by atoms with E-state index in [1.165, 1.54) is 5.57 Å². The molecule has 6 heteroatoms. The van der Waals surface area contributed by atoms with Crippen molar-refractivity contribution in [1.29, 1.82) is 0 Å². The predicted octanol–water partition coefficient (Wildman–Crippen LogP) is 5.94. The third-order valence-corrected chi connectivity index (χ3v) is 9.19. The van der Waals surface area contributed by atoms with Crippen LogP contribution in [0.25, 0.3) is 0 Å². The van der Waals surface area contributed by atoms with Gasteiger partial charge in [0, 0.05) is 6.61 Å². The van der Waals surface area contributed by atoms with E-state index in [1.807, 2.05) is 30.3 Å². The van der Waals surface area contributed by atoms with Gasteiger partial charge in [-0.2, -0.15) is 0 Å². The molecular formula is C29H44BNO4. The predicted molar refractivity (Wildman–Crippen MR) is 141 cm³/mol. The van der Waals surface area contributed by atoms with Crippen LogP contribution in [0.4, 0.5) is 0 Å². The van der Waals surface area contributed by atoms with Gasteiger partial charge in [0.2, 0.25) is 0 Å². The van der Waals surface area contributed by atoms with E-state index in [2.05, 4.69) is 34.3 Å². The number of carbonyl (C=O) groups is 1. The maximum absolute atomic E-state index is 13.4. The maximum atomic E-state index is 13.4. The van der Waals surface area contributed by atoms with Crippen LogP contribution in [0.2, 0.25) is 12.6 Å². The van der Waals surface area contributed by atoms with E-state index >= 15 is 0 Å². The zero-order valence-corrected chi connectivity index (χ0v) is 22.2. The Balaban J connectivity index is 1.41. The highest BCUT2D eigenvalue weighted by Crippen LogP contribution is 2.58. The first kappa shape index (κ1) is 26.4. The summed E-state index contributed by atoms with van der Waals surface area (Å²) in [7, 11) is 0. The lowest BCUT2D eigenvalue weighted by atomic mass is 9.59. The van der Waals surface area contributed by atoms with Crippen molar-refractivity contribution in [3.63, 3.8) is 0 Å². The molecule has 35 heavy (non-hydrogen) atoms. The summed E-state index contributed by atoms with van der Waals surface area (Å²) in [6.45, 7) is 13.8. The Kier molecular flexibility index (Phi) is 7.57. The van der Waals surface area contributed by atoms with Crippen LogP contribution in [-0.4, -0.2) is 36.2 Å². The molecule has 0 bridgehead atoms. The molecule has 4 rings (SSSR count). The Morgan fingerprint density at radius 2 is 1.94 bits per heavy atom. The summed E-state index contributed by atoms with van der Waals surface area (Å²) in [6, 6.07) is 9.84. The van der Waals surface area contributed by atoms with Crippen molar-refractivity contribution in [1.82, 2.24) is 0 Å². The molecular weight excluding hydrogens is 437 g/mol. The number of carbonyl (C=O) groups excluding carboxylic acids is 1. The van der Waals surface area contributed by atoms with Crippen LogP contribution in [0.3, 0.4) is 0 Å². The van der Waals surface area contributed by atoms with Crippen LogP contribution in [-0.2, 0) is 25.5 Å². The zero-order chi connectivity index (χ0) is 25.3. The van der Waals surface area contributed by atoms with E-state index in [1.54, 1.807) is 0 Å². The fourth-order valence-electron chi connectivity index (χ4n) is 6.50. The molecule has 0 aromatic heterocycles. The Hall–Kier alpha value is -1.63. The molecule has 1 aliphatic heterocycles. The average molecular weight is 481 g/mol. The monoisotopic (exact) mass is 481 g/mol. The molecule has 2 N–H and O–H groups in total. The number of nitrogens with two attached hydrogens (primary N) is 1. The van der Waals surface area contributed by atoms with Gasteiger partial charge in [-0.15, -0.1) is 0 Å². The normalized spacial score (nSPS) is 32.1. The summed E-state index contributed by atoms with van der Waals surface area (Å²) in [5, 5.41) is 0. The van der Waals surface area contributed by atoms with Crippen molar-refractivity contribution in [2.75, 3.05) is 6.61 Å². The summed E-state index contributed by atoms with van der Waals surface area (Å²) in [5.41, 5.74) is 7.75. The van der Waals surface area contributed by atoms with E-state index in [0.717, 1.165) is 56.7 Å². The second-order valence-electron chi connectivity index (χ2n) is 12.4. The van der Waals surface area contributed by atoms with Gasteiger partial charge in [0.05, 0.1) is 11.2 Å². The molecule has 5 nitrogen and oxygen atoms in total.